The molecule has 0 atom stereocenters. The van der Waals surface area contributed by atoms with E-state index in [-0.39, 0.29) is 11.9 Å². The van der Waals surface area contributed by atoms with E-state index in [1.807, 2.05) is 37.8 Å². The molecule has 1 fully saturated rings. The number of hydrogen-bond acceptors (Lipinski definition) is 5. The number of urea groups is 1. The van der Waals surface area contributed by atoms with Crippen molar-refractivity contribution in [1.82, 2.24) is 19.8 Å². The number of carbonyl (C=O) groups is 2. The summed E-state index contributed by atoms with van der Waals surface area (Å²) >= 11 is 1.37. The summed E-state index contributed by atoms with van der Waals surface area (Å²) in [5.74, 6) is 0.563. The zero-order valence-electron chi connectivity index (χ0n) is 15.3. The third-order valence-electron chi connectivity index (χ3n) is 4.34. The van der Waals surface area contributed by atoms with Crippen LogP contribution in [-0.4, -0.2) is 57.9 Å². The number of hydrogen-bond donors (Lipinski definition) is 1. The second-order valence-electron chi connectivity index (χ2n) is 6.50. The minimum absolute atomic E-state index is 0.00299. The first-order valence-electron chi connectivity index (χ1n) is 8.64. The highest BCUT2D eigenvalue weighted by atomic mass is 32.1. The number of thiazole rings is 1. The molecule has 0 aromatic carbocycles. The van der Waals surface area contributed by atoms with Crippen molar-refractivity contribution in [2.45, 2.75) is 27.2 Å². The van der Waals surface area contributed by atoms with Crippen molar-refractivity contribution in [2.75, 3.05) is 31.5 Å². The average Bonchev–Trinajstić information content (AvgIpc) is 2.85. The summed E-state index contributed by atoms with van der Waals surface area (Å²) in [7, 11) is 0. The minimum atomic E-state index is -0.175. The molecule has 1 N–H and O–H groups in total. The number of carbonyl (C=O) groups excluding carboxylic acids is 2. The molecule has 2 aromatic rings. The summed E-state index contributed by atoms with van der Waals surface area (Å²) in [5.41, 5.74) is 4.38. The van der Waals surface area contributed by atoms with Crippen molar-refractivity contribution in [3.8, 4) is 0 Å². The highest BCUT2D eigenvalue weighted by Crippen LogP contribution is 2.17. The maximum absolute atomic E-state index is 12.6. The predicted octanol–water partition coefficient (Wildman–Crippen LogP) is 2.84. The Bertz CT molecular complexity index is 799. The molecule has 0 unspecified atom stereocenters. The zero-order valence-corrected chi connectivity index (χ0v) is 16.1. The molecule has 7 nitrogen and oxygen atoms in total. The lowest BCUT2D eigenvalue weighted by atomic mass is 10.2. The highest BCUT2D eigenvalue weighted by Gasteiger charge is 2.24. The largest absolute Gasteiger partial charge is 0.336 e. The van der Waals surface area contributed by atoms with Gasteiger partial charge >= 0.3 is 6.03 Å². The molecule has 3 rings (SSSR count). The van der Waals surface area contributed by atoms with Gasteiger partial charge in [0, 0.05) is 31.9 Å². The predicted molar refractivity (Wildman–Crippen MR) is 102 cm³/mol. The van der Waals surface area contributed by atoms with Gasteiger partial charge in [-0.15, -0.1) is 11.3 Å². The van der Waals surface area contributed by atoms with Gasteiger partial charge in [0.25, 0.3) is 5.91 Å². The minimum Gasteiger partial charge on any atom is -0.336 e. The topological polar surface area (TPSA) is 78.4 Å². The van der Waals surface area contributed by atoms with Crippen LogP contribution in [0.25, 0.3) is 0 Å². The summed E-state index contributed by atoms with van der Waals surface area (Å²) in [6.07, 6.45) is 0.747. The molecule has 2 aromatic heterocycles. The zero-order chi connectivity index (χ0) is 18.7. The van der Waals surface area contributed by atoms with Gasteiger partial charge in [-0.05, 0) is 44.9 Å². The number of aryl methyl sites for hydroxylation is 3. The van der Waals surface area contributed by atoms with Crippen LogP contribution in [0, 0.1) is 20.8 Å². The number of anilines is 1. The SMILES string of the molecule is Cc1cc(C)nc(NC(=O)N2CCCN(C(=O)c3scnc3C)CC2)c1. The molecule has 0 saturated carbocycles. The van der Waals surface area contributed by atoms with E-state index in [2.05, 4.69) is 15.3 Å². The van der Waals surface area contributed by atoms with Gasteiger partial charge in [-0.25, -0.2) is 14.8 Å². The van der Waals surface area contributed by atoms with Gasteiger partial charge in [-0.1, -0.05) is 0 Å². The second kappa shape index (κ2) is 7.82. The van der Waals surface area contributed by atoms with Crippen molar-refractivity contribution in [3.63, 3.8) is 0 Å². The molecule has 8 heteroatoms. The molecule has 0 spiro atoms. The third kappa shape index (κ3) is 4.19. The first kappa shape index (κ1) is 18.3. The van der Waals surface area contributed by atoms with E-state index in [9.17, 15) is 9.59 Å². The molecule has 3 heterocycles. The molecular weight excluding hydrogens is 350 g/mol. The lowest BCUT2D eigenvalue weighted by Gasteiger charge is -2.22. The Balaban J connectivity index is 1.62. The van der Waals surface area contributed by atoms with Crippen molar-refractivity contribution in [2.24, 2.45) is 0 Å². The Morgan fingerprint density at radius 3 is 2.50 bits per heavy atom. The van der Waals surface area contributed by atoms with E-state index in [1.54, 1.807) is 10.4 Å². The van der Waals surface area contributed by atoms with Crippen molar-refractivity contribution in [3.05, 3.63) is 39.5 Å². The number of amides is 3. The fourth-order valence-corrected chi connectivity index (χ4v) is 3.84. The lowest BCUT2D eigenvalue weighted by molar-refractivity contribution is 0.0766. The van der Waals surface area contributed by atoms with Gasteiger partial charge in [0.05, 0.1) is 11.2 Å². The van der Waals surface area contributed by atoms with E-state index in [0.29, 0.717) is 36.9 Å². The molecule has 3 amide bonds. The van der Waals surface area contributed by atoms with Crippen LogP contribution in [0.15, 0.2) is 17.6 Å². The van der Waals surface area contributed by atoms with Crippen molar-refractivity contribution >= 4 is 29.1 Å². The number of nitrogens with zero attached hydrogens (tertiary/aromatic N) is 4. The summed E-state index contributed by atoms with van der Waals surface area (Å²) < 4.78 is 0. The molecule has 0 radical (unpaired) electrons. The molecule has 26 heavy (non-hydrogen) atoms. The summed E-state index contributed by atoms with van der Waals surface area (Å²) in [6, 6.07) is 3.64. The summed E-state index contributed by atoms with van der Waals surface area (Å²) in [4.78, 5) is 37.9. The maximum Gasteiger partial charge on any atom is 0.323 e. The smallest absolute Gasteiger partial charge is 0.323 e. The van der Waals surface area contributed by atoms with E-state index < -0.39 is 0 Å². The molecule has 1 aliphatic rings. The van der Waals surface area contributed by atoms with E-state index >= 15 is 0 Å². The Labute approximate surface area is 157 Å². The van der Waals surface area contributed by atoms with E-state index in [1.165, 1.54) is 11.3 Å². The monoisotopic (exact) mass is 373 g/mol. The fourth-order valence-electron chi connectivity index (χ4n) is 3.07. The Hall–Kier alpha value is -2.48. The van der Waals surface area contributed by atoms with Gasteiger partial charge in [-0.2, -0.15) is 0 Å². The van der Waals surface area contributed by atoms with Gasteiger partial charge < -0.3 is 9.80 Å². The fraction of sp³-hybridized carbons (Fsp3) is 0.444. The van der Waals surface area contributed by atoms with Crippen LogP contribution in [-0.2, 0) is 0 Å². The Kier molecular flexibility index (Phi) is 5.51. The first-order chi connectivity index (χ1) is 12.4. The molecule has 1 aliphatic heterocycles. The molecule has 0 aliphatic carbocycles. The molecule has 138 valence electrons. The first-order valence-corrected chi connectivity index (χ1v) is 9.52. The van der Waals surface area contributed by atoms with Crippen LogP contribution in [0.2, 0.25) is 0 Å². The Morgan fingerprint density at radius 1 is 1.08 bits per heavy atom. The molecular formula is C18H23N5O2S. The number of rotatable bonds is 2. The number of nitrogens with one attached hydrogen (secondary N) is 1. The van der Waals surface area contributed by atoms with Gasteiger partial charge in [0.1, 0.15) is 10.7 Å². The normalized spacial score (nSPS) is 14.9. The van der Waals surface area contributed by atoms with Gasteiger partial charge in [0.2, 0.25) is 0 Å². The Morgan fingerprint density at radius 2 is 1.81 bits per heavy atom. The van der Waals surface area contributed by atoms with Crippen LogP contribution in [0.4, 0.5) is 10.6 Å². The lowest BCUT2D eigenvalue weighted by Crippen LogP contribution is -2.39. The van der Waals surface area contributed by atoms with Crippen LogP contribution < -0.4 is 5.32 Å². The maximum atomic E-state index is 12.6. The van der Waals surface area contributed by atoms with Crippen molar-refractivity contribution < 1.29 is 9.59 Å². The number of aromatic nitrogens is 2. The van der Waals surface area contributed by atoms with Gasteiger partial charge in [-0.3, -0.25) is 10.1 Å². The highest BCUT2D eigenvalue weighted by molar-refractivity contribution is 7.11. The van der Waals surface area contributed by atoms with Gasteiger partial charge in [0.15, 0.2) is 0 Å². The van der Waals surface area contributed by atoms with Crippen molar-refractivity contribution in [1.29, 1.82) is 0 Å². The third-order valence-corrected chi connectivity index (χ3v) is 5.26. The summed E-state index contributed by atoms with van der Waals surface area (Å²) in [6.45, 7) is 7.99. The van der Waals surface area contributed by atoms with E-state index in [4.69, 9.17) is 0 Å². The number of pyridine rings is 1. The average molecular weight is 373 g/mol. The van der Waals surface area contributed by atoms with E-state index in [0.717, 1.165) is 23.4 Å². The molecule has 0 bridgehead atoms. The molecule has 1 saturated heterocycles. The van der Waals surface area contributed by atoms with Crippen LogP contribution in [0.3, 0.4) is 0 Å². The standard InChI is InChI=1S/C18H23N5O2S/c1-12-9-13(2)20-15(10-12)21-18(25)23-6-4-5-22(7-8-23)17(24)16-14(3)19-11-26-16/h9-11H,4-8H2,1-3H3,(H,20,21,25). The summed E-state index contributed by atoms with van der Waals surface area (Å²) in [5, 5.41) is 2.87. The second-order valence-corrected chi connectivity index (χ2v) is 7.36. The van der Waals surface area contributed by atoms with Crippen LogP contribution in [0.5, 0.6) is 0 Å². The quantitative estimate of drug-likeness (QED) is 0.878. The van der Waals surface area contributed by atoms with Crippen LogP contribution >= 0.6 is 11.3 Å². The van der Waals surface area contributed by atoms with Crippen LogP contribution in [0.1, 0.15) is 33.0 Å².